The lowest BCUT2D eigenvalue weighted by Gasteiger charge is -2.23. The van der Waals surface area contributed by atoms with Gasteiger partial charge < -0.3 is 10.6 Å². The highest BCUT2D eigenvalue weighted by Gasteiger charge is 2.18. The summed E-state index contributed by atoms with van der Waals surface area (Å²) in [5.74, 6) is 0. The van der Waals surface area contributed by atoms with Gasteiger partial charge >= 0.3 is 0 Å². The van der Waals surface area contributed by atoms with Crippen LogP contribution in [0, 0.1) is 0 Å². The molecule has 1 unspecified atom stereocenters. The molecule has 2 N–H and O–H groups in total. The molecule has 0 fully saturated rings. The van der Waals surface area contributed by atoms with Gasteiger partial charge in [-0.1, -0.05) is 19.1 Å². The van der Waals surface area contributed by atoms with E-state index in [0.29, 0.717) is 5.25 Å². The Bertz CT molecular complexity index is 327. The smallest absolute Gasteiger partial charge is 0.0504 e. The molecule has 3 heteroatoms. The highest BCUT2D eigenvalue weighted by Crippen LogP contribution is 2.36. The number of hydrogen-bond acceptors (Lipinski definition) is 3. The van der Waals surface area contributed by atoms with Gasteiger partial charge in [0.15, 0.2) is 0 Å². The van der Waals surface area contributed by atoms with Crippen LogP contribution in [0.15, 0.2) is 29.2 Å². The van der Waals surface area contributed by atoms with Gasteiger partial charge in [-0.2, -0.15) is 0 Å². The molecule has 0 radical (unpaired) electrons. The van der Waals surface area contributed by atoms with Gasteiger partial charge in [-0.15, -0.1) is 11.8 Å². The van der Waals surface area contributed by atoms with Gasteiger partial charge in [0, 0.05) is 29.8 Å². The van der Waals surface area contributed by atoms with E-state index >= 15 is 0 Å². The van der Waals surface area contributed by atoms with Crippen LogP contribution in [0.5, 0.6) is 0 Å². The average molecular weight is 222 g/mol. The minimum Gasteiger partial charge on any atom is -0.369 e. The van der Waals surface area contributed by atoms with Crippen molar-refractivity contribution in [2.24, 2.45) is 5.73 Å². The average Bonchev–Trinajstić information content (AvgIpc) is 2.39. The second-order valence-electron chi connectivity index (χ2n) is 3.96. The Kier molecular flexibility index (Phi) is 3.54. The van der Waals surface area contributed by atoms with Gasteiger partial charge in [-0.05, 0) is 18.6 Å². The molecule has 2 rings (SSSR count). The minimum absolute atomic E-state index is 0.703. The maximum absolute atomic E-state index is 5.65. The molecule has 0 saturated heterocycles. The second kappa shape index (κ2) is 4.90. The summed E-state index contributed by atoms with van der Waals surface area (Å²) in [7, 11) is 0. The van der Waals surface area contributed by atoms with Crippen LogP contribution < -0.4 is 10.6 Å². The van der Waals surface area contributed by atoms with E-state index in [1.807, 2.05) is 11.8 Å². The molecule has 2 nitrogen and oxygen atoms in total. The number of anilines is 1. The van der Waals surface area contributed by atoms with E-state index < -0.39 is 0 Å². The third-order valence-corrected chi connectivity index (χ3v) is 3.98. The summed E-state index contributed by atoms with van der Waals surface area (Å²) in [5.41, 5.74) is 7.01. The van der Waals surface area contributed by atoms with Crippen molar-refractivity contribution in [1.82, 2.24) is 0 Å². The van der Waals surface area contributed by atoms with Crippen molar-refractivity contribution < 1.29 is 0 Å². The van der Waals surface area contributed by atoms with Gasteiger partial charge in [-0.3, -0.25) is 0 Å². The Balaban J connectivity index is 2.29. The molecule has 1 aromatic carbocycles. The molecule has 0 bridgehead atoms. The van der Waals surface area contributed by atoms with Crippen LogP contribution in [0.2, 0.25) is 0 Å². The maximum atomic E-state index is 5.65. The lowest BCUT2D eigenvalue weighted by molar-refractivity contribution is 0.729. The van der Waals surface area contributed by atoms with Crippen molar-refractivity contribution in [1.29, 1.82) is 0 Å². The van der Waals surface area contributed by atoms with E-state index in [1.54, 1.807) is 0 Å². The zero-order valence-electron chi connectivity index (χ0n) is 9.15. The van der Waals surface area contributed by atoms with Gasteiger partial charge in [0.05, 0.1) is 5.69 Å². The van der Waals surface area contributed by atoms with E-state index in [4.69, 9.17) is 5.73 Å². The second-order valence-corrected chi connectivity index (χ2v) is 5.44. The molecular formula is C12H18N2S. The first-order chi connectivity index (χ1) is 7.31. The summed E-state index contributed by atoms with van der Waals surface area (Å²) in [6, 6.07) is 8.64. The molecule has 1 aliphatic rings. The molecule has 82 valence electrons. The fourth-order valence-corrected chi connectivity index (χ4v) is 3.07. The third kappa shape index (κ3) is 2.47. The van der Waals surface area contributed by atoms with Crippen LogP contribution in [0.3, 0.4) is 0 Å². The van der Waals surface area contributed by atoms with E-state index in [-0.39, 0.29) is 0 Å². The number of fused-ring (bicyclic) bond motifs is 1. The van der Waals surface area contributed by atoms with Crippen LogP contribution in [-0.4, -0.2) is 24.9 Å². The minimum atomic E-state index is 0.703. The van der Waals surface area contributed by atoms with Crippen molar-refractivity contribution in [3.63, 3.8) is 0 Å². The molecule has 1 atom stereocenters. The fourth-order valence-electron chi connectivity index (χ4n) is 1.94. The maximum Gasteiger partial charge on any atom is 0.0504 e. The van der Waals surface area contributed by atoms with Gasteiger partial charge in [0.2, 0.25) is 0 Å². The van der Waals surface area contributed by atoms with Crippen LogP contribution >= 0.6 is 11.8 Å². The van der Waals surface area contributed by atoms with Crippen molar-refractivity contribution in [3.05, 3.63) is 24.3 Å². The highest BCUT2D eigenvalue weighted by molar-refractivity contribution is 8.00. The summed E-state index contributed by atoms with van der Waals surface area (Å²) in [6.45, 7) is 5.12. The molecule has 0 saturated carbocycles. The van der Waals surface area contributed by atoms with E-state index in [9.17, 15) is 0 Å². The molecule has 0 amide bonds. The largest absolute Gasteiger partial charge is 0.369 e. The van der Waals surface area contributed by atoms with Gasteiger partial charge in [0.25, 0.3) is 0 Å². The molecule has 1 aliphatic heterocycles. The number of hydrogen-bond donors (Lipinski definition) is 1. The summed E-state index contributed by atoms with van der Waals surface area (Å²) in [4.78, 5) is 3.81. The van der Waals surface area contributed by atoms with Crippen molar-refractivity contribution in [2.75, 3.05) is 24.5 Å². The lowest BCUT2D eigenvalue weighted by atomic mass is 10.2. The van der Waals surface area contributed by atoms with Gasteiger partial charge in [0.1, 0.15) is 0 Å². The number of benzene rings is 1. The Morgan fingerprint density at radius 1 is 1.47 bits per heavy atom. The topological polar surface area (TPSA) is 29.3 Å². The Morgan fingerprint density at radius 2 is 2.27 bits per heavy atom. The molecule has 0 spiro atoms. The standard InChI is InChI=1S/C12H18N2S/c1-10-6-8-14(9-7-13)11-4-2-3-5-12(11)15-10/h2-5,10H,6-9,13H2,1H3. The molecule has 0 aromatic heterocycles. The van der Waals surface area contributed by atoms with Crippen molar-refractivity contribution in [3.8, 4) is 0 Å². The number of nitrogens with two attached hydrogens (primary N) is 1. The quantitative estimate of drug-likeness (QED) is 0.833. The first-order valence-electron chi connectivity index (χ1n) is 5.52. The molecular weight excluding hydrogens is 204 g/mol. The zero-order valence-corrected chi connectivity index (χ0v) is 9.96. The van der Waals surface area contributed by atoms with Crippen molar-refractivity contribution >= 4 is 17.4 Å². The number of para-hydroxylation sites is 1. The predicted octanol–water partition coefficient (Wildman–Crippen LogP) is 2.34. The van der Waals surface area contributed by atoms with Crippen LogP contribution in [0.1, 0.15) is 13.3 Å². The van der Waals surface area contributed by atoms with Crippen LogP contribution in [-0.2, 0) is 0 Å². The van der Waals surface area contributed by atoms with E-state index in [0.717, 1.165) is 19.6 Å². The molecule has 0 aliphatic carbocycles. The van der Waals surface area contributed by atoms with E-state index in [2.05, 4.69) is 36.1 Å². The Labute approximate surface area is 95.8 Å². The normalized spacial score (nSPS) is 20.9. The lowest BCUT2D eigenvalue weighted by Crippen LogP contribution is -2.30. The predicted molar refractivity (Wildman–Crippen MR) is 67.6 cm³/mol. The number of rotatable bonds is 2. The Morgan fingerprint density at radius 3 is 3.07 bits per heavy atom. The summed E-state index contributed by atoms with van der Waals surface area (Å²) >= 11 is 1.98. The first kappa shape index (κ1) is 10.8. The first-order valence-corrected chi connectivity index (χ1v) is 6.40. The zero-order chi connectivity index (χ0) is 10.7. The SMILES string of the molecule is CC1CCN(CCN)c2ccccc2S1. The molecule has 15 heavy (non-hydrogen) atoms. The summed E-state index contributed by atoms with van der Waals surface area (Å²) < 4.78 is 0. The number of thioether (sulfide) groups is 1. The highest BCUT2D eigenvalue weighted by atomic mass is 32.2. The monoisotopic (exact) mass is 222 g/mol. The van der Waals surface area contributed by atoms with Crippen molar-refractivity contribution in [2.45, 2.75) is 23.5 Å². The Hall–Kier alpha value is -0.670. The van der Waals surface area contributed by atoms with Crippen LogP contribution in [0.4, 0.5) is 5.69 Å². The molecule has 1 heterocycles. The number of nitrogens with zero attached hydrogens (tertiary/aromatic N) is 1. The van der Waals surface area contributed by atoms with E-state index in [1.165, 1.54) is 17.0 Å². The summed E-state index contributed by atoms with van der Waals surface area (Å²) in [6.07, 6.45) is 1.24. The molecule has 1 aromatic rings. The summed E-state index contributed by atoms with van der Waals surface area (Å²) in [5, 5.41) is 0.703. The third-order valence-electron chi connectivity index (χ3n) is 2.74. The van der Waals surface area contributed by atoms with Crippen LogP contribution in [0.25, 0.3) is 0 Å². The fraction of sp³-hybridized carbons (Fsp3) is 0.500. The van der Waals surface area contributed by atoms with Gasteiger partial charge in [-0.25, -0.2) is 0 Å².